The number of aryl methyl sites for hydroxylation is 2. The number of thiazole rings is 1. The lowest BCUT2D eigenvalue weighted by Gasteiger charge is -2.14. The van der Waals surface area contributed by atoms with Crippen molar-refractivity contribution in [1.82, 2.24) is 10.3 Å². The number of ether oxygens (including phenoxy) is 1. The fraction of sp³-hybridized carbons (Fsp3) is 0.333. The van der Waals surface area contributed by atoms with Crippen molar-refractivity contribution in [1.29, 1.82) is 0 Å². The van der Waals surface area contributed by atoms with Crippen molar-refractivity contribution in [2.24, 2.45) is 0 Å². The van der Waals surface area contributed by atoms with E-state index in [1.807, 2.05) is 20.8 Å². The highest BCUT2D eigenvalue weighted by Crippen LogP contribution is 2.26. The Kier molecular flexibility index (Phi) is 4.47. The zero-order valence-electron chi connectivity index (χ0n) is 12.6. The Bertz CT molecular complexity index is 667. The molecule has 0 saturated carbocycles. The summed E-state index contributed by atoms with van der Waals surface area (Å²) >= 11 is 1.60. The molecule has 2 rings (SSSR count). The Morgan fingerprint density at radius 2 is 2.14 bits per heavy atom. The van der Waals surface area contributed by atoms with E-state index in [1.165, 1.54) is 0 Å². The number of hydrogen-bond acceptors (Lipinski definition) is 5. The van der Waals surface area contributed by atoms with Crippen molar-refractivity contribution >= 4 is 22.9 Å². The Labute approximate surface area is 128 Å². The lowest BCUT2D eigenvalue weighted by Crippen LogP contribution is -2.26. The topological polar surface area (TPSA) is 77.2 Å². The average molecular weight is 305 g/mol. The van der Waals surface area contributed by atoms with Gasteiger partial charge in [-0.25, -0.2) is 4.98 Å². The number of amides is 1. The van der Waals surface area contributed by atoms with E-state index >= 15 is 0 Å². The SMILES string of the molecule is COc1ccc(C(=O)NC(C)c2sc(C)nc2C)cc1N. The number of hydrogen-bond donors (Lipinski definition) is 2. The van der Waals surface area contributed by atoms with Crippen molar-refractivity contribution in [2.45, 2.75) is 26.8 Å². The molecule has 21 heavy (non-hydrogen) atoms. The van der Waals surface area contributed by atoms with Gasteiger partial charge in [0, 0.05) is 10.4 Å². The lowest BCUT2D eigenvalue weighted by atomic mass is 10.1. The maximum absolute atomic E-state index is 12.3. The minimum absolute atomic E-state index is 0.0907. The summed E-state index contributed by atoms with van der Waals surface area (Å²) in [7, 11) is 1.54. The molecule has 1 unspecified atom stereocenters. The smallest absolute Gasteiger partial charge is 0.251 e. The minimum Gasteiger partial charge on any atom is -0.495 e. The van der Waals surface area contributed by atoms with Crippen molar-refractivity contribution in [2.75, 3.05) is 12.8 Å². The Morgan fingerprint density at radius 1 is 1.43 bits per heavy atom. The second-order valence-corrected chi connectivity index (χ2v) is 6.07. The molecule has 1 aromatic heterocycles. The van der Waals surface area contributed by atoms with Crippen LogP contribution in [0.4, 0.5) is 5.69 Å². The van der Waals surface area contributed by atoms with Crippen LogP contribution >= 0.6 is 11.3 Å². The number of carbonyl (C=O) groups excluding carboxylic acids is 1. The number of nitrogen functional groups attached to an aromatic ring is 1. The van der Waals surface area contributed by atoms with Crippen LogP contribution < -0.4 is 15.8 Å². The van der Waals surface area contributed by atoms with Crippen LogP contribution in [0.3, 0.4) is 0 Å². The van der Waals surface area contributed by atoms with E-state index in [4.69, 9.17) is 10.5 Å². The highest BCUT2D eigenvalue weighted by Gasteiger charge is 2.16. The summed E-state index contributed by atoms with van der Waals surface area (Å²) in [5.41, 5.74) is 7.74. The van der Waals surface area contributed by atoms with Gasteiger partial charge in [0.15, 0.2) is 0 Å². The standard InChI is InChI=1S/C15H19N3O2S/c1-8-14(21-10(3)17-8)9(2)18-15(19)11-5-6-13(20-4)12(16)7-11/h5-7,9H,16H2,1-4H3,(H,18,19). The van der Waals surface area contributed by atoms with E-state index in [2.05, 4.69) is 10.3 Å². The third kappa shape index (κ3) is 3.33. The Hall–Kier alpha value is -2.08. The van der Waals surface area contributed by atoms with E-state index in [0.29, 0.717) is 17.0 Å². The second-order valence-electron chi connectivity index (χ2n) is 4.83. The van der Waals surface area contributed by atoms with E-state index in [-0.39, 0.29) is 11.9 Å². The van der Waals surface area contributed by atoms with Gasteiger partial charge in [0.25, 0.3) is 5.91 Å². The number of rotatable bonds is 4. The van der Waals surface area contributed by atoms with Gasteiger partial charge in [-0.3, -0.25) is 4.79 Å². The number of carbonyl (C=O) groups is 1. The summed E-state index contributed by atoms with van der Waals surface area (Å²) in [6.45, 7) is 5.86. The summed E-state index contributed by atoms with van der Waals surface area (Å²) < 4.78 is 5.09. The van der Waals surface area contributed by atoms with Crippen molar-refractivity contribution < 1.29 is 9.53 Å². The summed E-state index contributed by atoms with van der Waals surface area (Å²) in [6, 6.07) is 4.91. The molecule has 0 radical (unpaired) electrons. The predicted octanol–water partition coefficient (Wildman–Crippen LogP) is 2.84. The van der Waals surface area contributed by atoms with Crippen LogP contribution in [0, 0.1) is 13.8 Å². The van der Waals surface area contributed by atoms with Crippen molar-refractivity contribution in [3.05, 3.63) is 39.3 Å². The third-order valence-electron chi connectivity index (χ3n) is 3.17. The first-order valence-electron chi connectivity index (χ1n) is 6.60. The van der Waals surface area contributed by atoms with Gasteiger partial charge in [-0.15, -0.1) is 11.3 Å². The maximum atomic E-state index is 12.3. The summed E-state index contributed by atoms with van der Waals surface area (Å²) in [5.74, 6) is 0.399. The van der Waals surface area contributed by atoms with Gasteiger partial charge >= 0.3 is 0 Å². The van der Waals surface area contributed by atoms with Crippen LogP contribution in [0.5, 0.6) is 5.75 Å². The minimum atomic E-state index is -0.165. The Balaban J connectivity index is 2.14. The van der Waals surface area contributed by atoms with E-state index in [0.717, 1.165) is 15.6 Å². The molecule has 0 spiro atoms. The molecule has 0 fully saturated rings. The van der Waals surface area contributed by atoms with Gasteiger partial charge in [-0.2, -0.15) is 0 Å². The molecule has 5 nitrogen and oxygen atoms in total. The second kappa shape index (κ2) is 6.13. The van der Waals surface area contributed by atoms with Crippen LogP contribution in [0.15, 0.2) is 18.2 Å². The number of anilines is 1. The third-order valence-corrected chi connectivity index (χ3v) is 4.43. The molecule has 0 aliphatic heterocycles. The van der Waals surface area contributed by atoms with E-state index in [9.17, 15) is 4.79 Å². The van der Waals surface area contributed by atoms with Crippen LogP contribution in [-0.4, -0.2) is 18.0 Å². The molecule has 1 heterocycles. The molecule has 112 valence electrons. The van der Waals surface area contributed by atoms with Crippen LogP contribution in [0.2, 0.25) is 0 Å². The first-order valence-corrected chi connectivity index (χ1v) is 7.42. The van der Waals surface area contributed by atoms with Gasteiger partial charge in [0.05, 0.1) is 29.5 Å². The Morgan fingerprint density at radius 3 is 2.67 bits per heavy atom. The quantitative estimate of drug-likeness (QED) is 0.852. The van der Waals surface area contributed by atoms with E-state index < -0.39 is 0 Å². The number of nitrogens with one attached hydrogen (secondary N) is 1. The van der Waals surface area contributed by atoms with Gasteiger partial charge in [-0.05, 0) is 39.0 Å². The molecule has 3 N–H and O–H groups in total. The largest absolute Gasteiger partial charge is 0.495 e. The van der Waals surface area contributed by atoms with Gasteiger partial charge in [0.2, 0.25) is 0 Å². The summed E-state index contributed by atoms with van der Waals surface area (Å²) in [4.78, 5) is 17.7. The van der Waals surface area contributed by atoms with Crippen LogP contribution in [0.1, 0.15) is 38.9 Å². The van der Waals surface area contributed by atoms with Gasteiger partial charge in [0.1, 0.15) is 5.75 Å². The molecule has 1 atom stereocenters. The highest BCUT2D eigenvalue weighted by atomic mass is 32.1. The molecular weight excluding hydrogens is 286 g/mol. The molecular formula is C15H19N3O2S. The summed E-state index contributed by atoms with van der Waals surface area (Å²) in [5, 5.41) is 3.96. The zero-order valence-corrected chi connectivity index (χ0v) is 13.4. The molecule has 0 saturated heterocycles. The number of benzene rings is 1. The lowest BCUT2D eigenvalue weighted by molar-refractivity contribution is 0.0940. The van der Waals surface area contributed by atoms with Crippen molar-refractivity contribution in [3.63, 3.8) is 0 Å². The predicted molar refractivity (Wildman–Crippen MR) is 84.9 cm³/mol. The van der Waals surface area contributed by atoms with Crippen LogP contribution in [-0.2, 0) is 0 Å². The molecule has 6 heteroatoms. The molecule has 0 aliphatic rings. The number of nitrogens with two attached hydrogens (primary N) is 1. The molecule has 0 aliphatic carbocycles. The molecule has 2 aromatic rings. The normalized spacial score (nSPS) is 12.0. The summed E-state index contributed by atoms with van der Waals surface area (Å²) in [6.07, 6.45) is 0. The van der Waals surface area contributed by atoms with Gasteiger partial charge < -0.3 is 15.8 Å². The fourth-order valence-corrected chi connectivity index (χ4v) is 3.10. The number of aromatic nitrogens is 1. The maximum Gasteiger partial charge on any atom is 0.251 e. The first kappa shape index (κ1) is 15.3. The molecule has 0 bridgehead atoms. The highest BCUT2D eigenvalue weighted by molar-refractivity contribution is 7.11. The fourth-order valence-electron chi connectivity index (χ4n) is 2.17. The van der Waals surface area contributed by atoms with E-state index in [1.54, 1.807) is 36.6 Å². The molecule has 1 amide bonds. The molecule has 1 aromatic carbocycles. The number of methoxy groups -OCH3 is 1. The first-order chi connectivity index (χ1) is 9.92. The average Bonchev–Trinajstić information content (AvgIpc) is 2.77. The van der Waals surface area contributed by atoms with Crippen molar-refractivity contribution in [3.8, 4) is 5.75 Å². The monoisotopic (exact) mass is 305 g/mol. The number of nitrogens with zero attached hydrogens (tertiary/aromatic N) is 1. The zero-order chi connectivity index (χ0) is 15.6. The van der Waals surface area contributed by atoms with Gasteiger partial charge in [-0.1, -0.05) is 0 Å². The van der Waals surface area contributed by atoms with Crippen LogP contribution in [0.25, 0.3) is 0 Å².